The maximum Gasteiger partial charge on any atom is 0.410 e. The zero-order valence-corrected chi connectivity index (χ0v) is 21.8. The number of hydrogen-bond acceptors (Lipinski definition) is 6. The van der Waals surface area contributed by atoms with Crippen molar-refractivity contribution in [2.24, 2.45) is 0 Å². The van der Waals surface area contributed by atoms with Crippen molar-refractivity contribution in [2.45, 2.75) is 72.6 Å². The summed E-state index contributed by atoms with van der Waals surface area (Å²) in [5.41, 5.74) is 1.21. The summed E-state index contributed by atoms with van der Waals surface area (Å²) in [5, 5.41) is 5.58. The van der Waals surface area contributed by atoms with Gasteiger partial charge in [0.05, 0.1) is 16.6 Å². The second-order valence-corrected chi connectivity index (χ2v) is 9.69. The highest BCUT2D eigenvalue weighted by atomic mass is 35.5. The Bertz CT molecular complexity index is 1020. The molecular weight excluding hydrogens is 458 g/mol. The van der Waals surface area contributed by atoms with Gasteiger partial charge in [0.15, 0.2) is 11.9 Å². The fourth-order valence-corrected chi connectivity index (χ4v) is 4.35. The molecule has 4 heterocycles. The Balaban J connectivity index is 0.00000158. The van der Waals surface area contributed by atoms with E-state index in [-0.39, 0.29) is 23.4 Å². The average Bonchev–Trinajstić information content (AvgIpc) is 3.15. The van der Waals surface area contributed by atoms with Gasteiger partial charge in [0.1, 0.15) is 10.8 Å². The summed E-state index contributed by atoms with van der Waals surface area (Å²) in [6.07, 6.45) is 2.37. The first-order valence-corrected chi connectivity index (χ1v) is 12.5. The Morgan fingerprint density at radius 3 is 2.35 bits per heavy atom. The van der Waals surface area contributed by atoms with Crippen LogP contribution in [0.15, 0.2) is 6.07 Å². The van der Waals surface area contributed by atoms with Crippen molar-refractivity contribution in [3.63, 3.8) is 0 Å². The Morgan fingerprint density at radius 2 is 1.76 bits per heavy atom. The van der Waals surface area contributed by atoms with Crippen LogP contribution in [0.1, 0.15) is 76.2 Å². The number of pyridine rings is 1. The molecular formula is C24H36ClN5O4. The molecule has 9 nitrogen and oxygen atoms in total. The number of carbonyl (C=O) groups excluding carboxylic acids is 2. The van der Waals surface area contributed by atoms with E-state index in [2.05, 4.69) is 10.1 Å². The average molecular weight is 494 g/mol. The molecule has 2 saturated heterocycles. The van der Waals surface area contributed by atoms with Gasteiger partial charge in [-0.3, -0.25) is 4.79 Å². The van der Waals surface area contributed by atoms with Crippen LogP contribution in [0.25, 0.3) is 11.0 Å². The largest absolute Gasteiger partial charge is 0.444 e. The van der Waals surface area contributed by atoms with Crippen molar-refractivity contribution in [2.75, 3.05) is 32.8 Å². The molecule has 188 valence electrons. The van der Waals surface area contributed by atoms with E-state index in [0.29, 0.717) is 55.1 Å². The maximum atomic E-state index is 13.4. The van der Waals surface area contributed by atoms with Crippen LogP contribution in [0.2, 0.25) is 5.15 Å². The minimum Gasteiger partial charge on any atom is -0.444 e. The first kappa shape index (κ1) is 26.2. The highest BCUT2D eigenvalue weighted by molar-refractivity contribution is 6.30. The molecule has 2 aliphatic rings. The van der Waals surface area contributed by atoms with Crippen molar-refractivity contribution >= 4 is 34.6 Å². The van der Waals surface area contributed by atoms with E-state index in [0.717, 1.165) is 19.3 Å². The fourth-order valence-electron chi connectivity index (χ4n) is 4.16. The number of fused-ring (bicyclic) bond motifs is 1. The molecule has 2 fully saturated rings. The number of aryl methyl sites for hydroxylation is 1. The highest BCUT2D eigenvalue weighted by Crippen LogP contribution is 2.31. The van der Waals surface area contributed by atoms with E-state index in [1.807, 2.05) is 41.5 Å². The molecule has 0 spiro atoms. The smallest absolute Gasteiger partial charge is 0.410 e. The molecule has 1 atom stereocenters. The number of amides is 2. The molecule has 0 aromatic carbocycles. The van der Waals surface area contributed by atoms with Crippen LogP contribution < -0.4 is 0 Å². The highest BCUT2D eigenvalue weighted by Gasteiger charge is 2.31. The normalized spacial score (nSPS) is 19.0. The molecule has 34 heavy (non-hydrogen) atoms. The summed E-state index contributed by atoms with van der Waals surface area (Å²) in [6, 6.07) is 1.60. The van der Waals surface area contributed by atoms with E-state index < -0.39 is 5.60 Å². The second-order valence-electron chi connectivity index (χ2n) is 9.30. The van der Waals surface area contributed by atoms with Gasteiger partial charge >= 0.3 is 6.09 Å². The van der Waals surface area contributed by atoms with Gasteiger partial charge < -0.3 is 19.3 Å². The number of nitrogens with zero attached hydrogens (tertiary/aromatic N) is 5. The molecule has 0 radical (unpaired) electrons. The second kappa shape index (κ2) is 10.9. The van der Waals surface area contributed by atoms with E-state index >= 15 is 0 Å². The summed E-state index contributed by atoms with van der Waals surface area (Å²) >= 11 is 6.32. The van der Waals surface area contributed by atoms with Crippen LogP contribution in [0.4, 0.5) is 4.79 Å². The van der Waals surface area contributed by atoms with E-state index in [1.165, 1.54) is 0 Å². The molecule has 2 aliphatic heterocycles. The molecule has 0 saturated carbocycles. The third-order valence-corrected chi connectivity index (χ3v) is 5.88. The first-order chi connectivity index (χ1) is 16.1. The molecule has 2 aromatic heterocycles. The van der Waals surface area contributed by atoms with Gasteiger partial charge in [-0.15, -0.1) is 0 Å². The van der Waals surface area contributed by atoms with Crippen LogP contribution in [0.3, 0.4) is 0 Å². The van der Waals surface area contributed by atoms with Crippen LogP contribution >= 0.6 is 11.6 Å². The van der Waals surface area contributed by atoms with Crippen LogP contribution in [0.5, 0.6) is 0 Å². The molecule has 0 aliphatic carbocycles. The lowest BCUT2D eigenvalue weighted by Gasteiger charge is -2.35. The molecule has 1 unspecified atom stereocenters. The number of ether oxygens (including phenoxy) is 2. The lowest BCUT2D eigenvalue weighted by atomic mass is 10.1. The summed E-state index contributed by atoms with van der Waals surface area (Å²) in [4.78, 5) is 33.6. The van der Waals surface area contributed by atoms with Crippen molar-refractivity contribution in [1.29, 1.82) is 0 Å². The van der Waals surface area contributed by atoms with Gasteiger partial charge in [0.25, 0.3) is 5.91 Å². The van der Waals surface area contributed by atoms with Crippen LogP contribution in [-0.4, -0.2) is 75.0 Å². The van der Waals surface area contributed by atoms with Gasteiger partial charge in [-0.1, -0.05) is 25.4 Å². The first-order valence-electron chi connectivity index (χ1n) is 12.1. The minimum absolute atomic E-state index is 0.143. The Morgan fingerprint density at radius 1 is 1.12 bits per heavy atom. The molecule has 0 N–H and O–H groups in total. The molecule has 10 heteroatoms. The third kappa shape index (κ3) is 5.81. The van der Waals surface area contributed by atoms with Crippen LogP contribution in [-0.2, 0) is 9.47 Å². The predicted molar refractivity (Wildman–Crippen MR) is 131 cm³/mol. The number of carbonyl (C=O) groups is 2. The SMILES string of the molecule is CC.Cc1nn(C2CCCCO2)c2nc(Cl)cc(C(=O)N3CCN(C(=O)OC(C)(C)C)CC3)c12. The summed E-state index contributed by atoms with van der Waals surface area (Å²) < 4.78 is 13.1. The molecule has 0 bridgehead atoms. The van der Waals surface area contributed by atoms with Crippen molar-refractivity contribution < 1.29 is 19.1 Å². The van der Waals surface area contributed by atoms with Crippen molar-refractivity contribution in [3.05, 3.63) is 22.5 Å². The topological polar surface area (TPSA) is 89.8 Å². The number of piperazine rings is 1. The maximum absolute atomic E-state index is 13.4. The number of hydrogen-bond donors (Lipinski definition) is 0. The number of rotatable bonds is 2. The zero-order chi connectivity index (χ0) is 25.0. The van der Waals surface area contributed by atoms with Gasteiger partial charge in [-0.25, -0.2) is 14.5 Å². The Labute approximate surface area is 206 Å². The molecule has 2 amide bonds. The predicted octanol–water partition coefficient (Wildman–Crippen LogP) is 4.81. The Hall–Kier alpha value is -2.39. The quantitative estimate of drug-likeness (QED) is 0.557. The lowest BCUT2D eigenvalue weighted by Crippen LogP contribution is -2.51. The lowest BCUT2D eigenvalue weighted by molar-refractivity contribution is -0.0371. The number of aromatic nitrogens is 3. The third-order valence-electron chi connectivity index (χ3n) is 5.68. The summed E-state index contributed by atoms with van der Waals surface area (Å²) in [5.74, 6) is -0.143. The van der Waals surface area contributed by atoms with Crippen molar-refractivity contribution in [3.8, 4) is 0 Å². The van der Waals surface area contributed by atoms with Crippen molar-refractivity contribution in [1.82, 2.24) is 24.6 Å². The van der Waals surface area contributed by atoms with E-state index in [9.17, 15) is 9.59 Å². The summed E-state index contributed by atoms with van der Waals surface area (Å²) in [7, 11) is 0. The zero-order valence-electron chi connectivity index (χ0n) is 21.1. The van der Waals surface area contributed by atoms with Gasteiger partial charge in [0.2, 0.25) is 0 Å². The fraction of sp³-hybridized carbons (Fsp3) is 0.667. The number of halogens is 1. The van der Waals surface area contributed by atoms with E-state index in [4.69, 9.17) is 21.1 Å². The van der Waals surface area contributed by atoms with Gasteiger partial charge in [0, 0.05) is 32.8 Å². The van der Waals surface area contributed by atoms with E-state index in [1.54, 1.807) is 20.5 Å². The minimum atomic E-state index is -0.552. The van der Waals surface area contributed by atoms with Crippen LogP contribution in [0, 0.1) is 6.92 Å². The standard InChI is InChI=1S/C22H30ClN5O4.C2H6/c1-14-18-15(13-16(23)24-19(18)28(25-14)17-7-5-6-12-31-17)20(29)26-8-10-27(11-9-26)21(30)32-22(2,3)4;1-2/h13,17H,5-12H2,1-4H3;1-2H3. The van der Waals surface area contributed by atoms with Gasteiger partial charge in [-0.2, -0.15) is 5.10 Å². The summed E-state index contributed by atoms with van der Waals surface area (Å²) in [6.45, 7) is 13.7. The monoisotopic (exact) mass is 493 g/mol. The Kier molecular flexibility index (Phi) is 8.41. The molecule has 2 aromatic rings. The molecule has 4 rings (SSSR count). The van der Waals surface area contributed by atoms with Gasteiger partial charge in [-0.05, 0) is 53.0 Å².